The molecule has 1 unspecified atom stereocenters. The van der Waals surface area contributed by atoms with E-state index in [9.17, 15) is 9.59 Å². The van der Waals surface area contributed by atoms with Crippen molar-refractivity contribution >= 4 is 17.6 Å². The fraction of sp³-hybridized carbons (Fsp3) is 0.375. The van der Waals surface area contributed by atoms with Crippen molar-refractivity contribution in [1.29, 1.82) is 0 Å². The first-order valence-corrected chi connectivity index (χ1v) is 6.84. The molecule has 5 heteroatoms. The van der Waals surface area contributed by atoms with E-state index >= 15 is 0 Å². The van der Waals surface area contributed by atoms with Crippen molar-refractivity contribution in [3.63, 3.8) is 0 Å². The maximum atomic E-state index is 12.1. The van der Waals surface area contributed by atoms with Gasteiger partial charge in [-0.1, -0.05) is 24.3 Å². The summed E-state index contributed by atoms with van der Waals surface area (Å²) in [5, 5.41) is 0. The second kappa shape index (κ2) is 8.92. The number of carbonyl (C=O) groups is 2. The van der Waals surface area contributed by atoms with Crippen LogP contribution in [0, 0.1) is 0 Å². The number of hydrogen-bond acceptors (Lipinski definition) is 4. The normalized spacial score (nSPS) is 11.5. The van der Waals surface area contributed by atoms with Crippen molar-refractivity contribution in [3.8, 4) is 0 Å². The van der Waals surface area contributed by atoms with Crippen molar-refractivity contribution in [1.82, 2.24) is 0 Å². The number of anilines is 1. The van der Waals surface area contributed by atoms with Gasteiger partial charge in [0.1, 0.15) is 0 Å². The summed E-state index contributed by atoms with van der Waals surface area (Å²) in [6.07, 6.45) is 0.825. The molecule has 1 amide bonds. The van der Waals surface area contributed by atoms with E-state index in [1.807, 2.05) is 37.3 Å². The molecule has 0 aliphatic rings. The molecule has 0 saturated heterocycles. The molecule has 1 rings (SSSR count). The monoisotopic (exact) mass is 291 g/mol. The van der Waals surface area contributed by atoms with E-state index in [0.29, 0.717) is 6.54 Å². The van der Waals surface area contributed by atoms with Crippen molar-refractivity contribution < 1.29 is 19.1 Å². The topological polar surface area (TPSA) is 55.8 Å². The lowest BCUT2D eigenvalue weighted by atomic mass is 10.3. The zero-order valence-corrected chi connectivity index (χ0v) is 12.5. The number of para-hydroxylation sites is 1. The number of ether oxygens (including phenoxy) is 2. The number of rotatable bonds is 8. The molecule has 0 aliphatic heterocycles. The van der Waals surface area contributed by atoms with Crippen molar-refractivity contribution in [2.75, 3.05) is 24.7 Å². The third-order valence-electron chi connectivity index (χ3n) is 2.82. The minimum Gasteiger partial charge on any atom is -0.454 e. The predicted octanol–water partition coefficient (Wildman–Crippen LogP) is 2.17. The lowest BCUT2D eigenvalue weighted by Gasteiger charge is -2.21. The molecule has 1 aromatic rings. The van der Waals surface area contributed by atoms with Crippen LogP contribution in [0.2, 0.25) is 0 Å². The van der Waals surface area contributed by atoms with Gasteiger partial charge in [0.15, 0.2) is 12.7 Å². The maximum Gasteiger partial charge on any atom is 0.335 e. The van der Waals surface area contributed by atoms with Gasteiger partial charge >= 0.3 is 5.97 Å². The standard InChI is InChI=1S/C16H21NO4/c1-4-11-20-13(3)16(19)21-12-15(18)17(5-2)14-9-7-6-8-10-14/h4,6-10,13H,1,5,11-12H2,2-3H3. The van der Waals surface area contributed by atoms with Gasteiger partial charge < -0.3 is 14.4 Å². The fourth-order valence-corrected chi connectivity index (χ4v) is 1.72. The Morgan fingerprint density at radius 3 is 2.57 bits per heavy atom. The predicted molar refractivity (Wildman–Crippen MR) is 81.0 cm³/mol. The largest absolute Gasteiger partial charge is 0.454 e. The van der Waals surface area contributed by atoms with E-state index < -0.39 is 12.1 Å². The van der Waals surface area contributed by atoms with Crippen LogP contribution in [0.1, 0.15) is 13.8 Å². The Hall–Kier alpha value is -2.14. The third kappa shape index (κ3) is 5.39. The quantitative estimate of drug-likeness (QED) is 0.544. The van der Waals surface area contributed by atoms with E-state index in [-0.39, 0.29) is 19.1 Å². The third-order valence-corrected chi connectivity index (χ3v) is 2.82. The highest BCUT2D eigenvalue weighted by atomic mass is 16.6. The van der Waals surface area contributed by atoms with Gasteiger partial charge in [-0.3, -0.25) is 4.79 Å². The van der Waals surface area contributed by atoms with Gasteiger partial charge in [0.25, 0.3) is 5.91 Å². The van der Waals surface area contributed by atoms with Crippen LogP contribution in [-0.2, 0) is 19.1 Å². The van der Waals surface area contributed by atoms with Crippen LogP contribution in [0.4, 0.5) is 5.69 Å². The Morgan fingerprint density at radius 2 is 2.00 bits per heavy atom. The zero-order chi connectivity index (χ0) is 15.7. The fourth-order valence-electron chi connectivity index (χ4n) is 1.72. The molecule has 1 aromatic carbocycles. The highest BCUT2D eigenvalue weighted by Gasteiger charge is 2.19. The zero-order valence-electron chi connectivity index (χ0n) is 12.5. The summed E-state index contributed by atoms with van der Waals surface area (Å²) in [6.45, 7) is 7.39. The summed E-state index contributed by atoms with van der Waals surface area (Å²) in [6, 6.07) is 9.24. The molecule has 0 bridgehead atoms. The lowest BCUT2D eigenvalue weighted by molar-refractivity contribution is -0.157. The SMILES string of the molecule is C=CCOC(C)C(=O)OCC(=O)N(CC)c1ccccc1. The van der Waals surface area contributed by atoms with E-state index in [0.717, 1.165) is 5.69 Å². The van der Waals surface area contributed by atoms with Gasteiger partial charge in [0.05, 0.1) is 6.61 Å². The molecule has 0 saturated carbocycles. The molecule has 0 aliphatic carbocycles. The summed E-state index contributed by atoms with van der Waals surface area (Å²) in [5.41, 5.74) is 0.775. The number of benzene rings is 1. The molecule has 0 N–H and O–H groups in total. The number of likely N-dealkylation sites (N-methyl/N-ethyl adjacent to an activating group) is 1. The van der Waals surface area contributed by atoms with E-state index in [1.165, 1.54) is 0 Å². The Morgan fingerprint density at radius 1 is 1.33 bits per heavy atom. The second-order valence-electron chi connectivity index (χ2n) is 4.35. The molecule has 0 aromatic heterocycles. The molecule has 1 atom stereocenters. The van der Waals surface area contributed by atoms with Gasteiger partial charge in [-0.25, -0.2) is 4.79 Å². The van der Waals surface area contributed by atoms with Crippen LogP contribution < -0.4 is 4.90 Å². The second-order valence-corrected chi connectivity index (χ2v) is 4.35. The molecule has 0 radical (unpaired) electrons. The number of nitrogens with zero attached hydrogens (tertiary/aromatic N) is 1. The Labute approximate surface area is 125 Å². The van der Waals surface area contributed by atoms with E-state index in [2.05, 4.69) is 6.58 Å². The molecule has 5 nitrogen and oxygen atoms in total. The van der Waals surface area contributed by atoms with Gasteiger partial charge in [0.2, 0.25) is 0 Å². The van der Waals surface area contributed by atoms with Crippen molar-refractivity contribution in [2.24, 2.45) is 0 Å². The summed E-state index contributed by atoms with van der Waals surface area (Å²) < 4.78 is 10.1. The van der Waals surface area contributed by atoms with Crippen LogP contribution >= 0.6 is 0 Å². The number of amides is 1. The van der Waals surface area contributed by atoms with Crippen LogP contribution in [-0.4, -0.2) is 37.7 Å². The van der Waals surface area contributed by atoms with Crippen LogP contribution in [0.5, 0.6) is 0 Å². The van der Waals surface area contributed by atoms with E-state index in [4.69, 9.17) is 9.47 Å². The Bertz CT molecular complexity index is 472. The summed E-state index contributed by atoms with van der Waals surface area (Å²) in [5.74, 6) is -0.831. The van der Waals surface area contributed by atoms with Crippen LogP contribution in [0.15, 0.2) is 43.0 Å². The lowest BCUT2D eigenvalue weighted by Crippen LogP contribution is -2.36. The maximum absolute atomic E-state index is 12.1. The van der Waals surface area contributed by atoms with E-state index in [1.54, 1.807) is 17.9 Å². The van der Waals surface area contributed by atoms with Crippen molar-refractivity contribution in [2.45, 2.75) is 20.0 Å². The van der Waals surface area contributed by atoms with Gasteiger partial charge in [0, 0.05) is 12.2 Å². The molecule has 0 fully saturated rings. The molecule has 21 heavy (non-hydrogen) atoms. The van der Waals surface area contributed by atoms with Gasteiger partial charge in [-0.05, 0) is 26.0 Å². The average molecular weight is 291 g/mol. The summed E-state index contributed by atoms with van der Waals surface area (Å²) in [7, 11) is 0. The Kier molecular flexibility index (Phi) is 7.18. The summed E-state index contributed by atoms with van der Waals surface area (Å²) in [4.78, 5) is 25.3. The van der Waals surface area contributed by atoms with Gasteiger partial charge in [-0.15, -0.1) is 6.58 Å². The number of esters is 1. The van der Waals surface area contributed by atoms with Crippen LogP contribution in [0.3, 0.4) is 0 Å². The first-order valence-electron chi connectivity index (χ1n) is 6.84. The number of hydrogen-bond donors (Lipinski definition) is 0. The van der Waals surface area contributed by atoms with Crippen molar-refractivity contribution in [3.05, 3.63) is 43.0 Å². The molecular weight excluding hydrogens is 270 g/mol. The molecular formula is C16H21NO4. The minimum atomic E-state index is -0.720. The van der Waals surface area contributed by atoms with Crippen LogP contribution in [0.25, 0.3) is 0 Å². The highest BCUT2D eigenvalue weighted by Crippen LogP contribution is 2.13. The number of carbonyl (C=O) groups excluding carboxylic acids is 2. The summed E-state index contributed by atoms with van der Waals surface area (Å²) >= 11 is 0. The van der Waals surface area contributed by atoms with Gasteiger partial charge in [-0.2, -0.15) is 0 Å². The molecule has 0 spiro atoms. The average Bonchev–Trinajstić information content (AvgIpc) is 2.52. The Balaban J connectivity index is 2.52. The smallest absolute Gasteiger partial charge is 0.335 e. The molecule has 0 heterocycles. The first kappa shape index (κ1) is 16.9. The first-order chi connectivity index (χ1) is 10.1. The minimum absolute atomic E-state index is 0.259. The highest BCUT2D eigenvalue weighted by molar-refractivity contribution is 5.95. The molecule has 114 valence electrons.